The Labute approximate surface area is 335 Å². The molecule has 0 unspecified atom stereocenters. The fourth-order valence-corrected chi connectivity index (χ4v) is 6.74. The van der Waals surface area contributed by atoms with Crippen LogP contribution < -0.4 is 26.0 Å². The van der Waals surface area contributed by atoms with Gasteiger partial charge in [-0.3, -0.25) is 24.2 Å². The lowest BCUT2D eigenvalue weighted by Gasteiger charge is -2.35. The standard InChI is InChI=1S/C43H59N7O7/c1-7-28(6)38(43(56)46-23-30-15-10-11-18-45-30)50-41(54)33(19-26(2)3)39(52)40(53)34(20-27(4)5)49-42(55)35(21-31-22-44-25-47-31)48-37(51)24-57-36-17-12-14-29-13-8-9-16-32(29)36/h8-18,22,25-28,33-35,38-40,52-53H,7,19-21,23-24H2,1-6H3,(H,44,47)(H,46,56)(H,48,51)(H,49,55)(H,50,54)/t28-,33+,34+,35+,38+,39-,40-/m1/s1. The summed E-state index contributed by atoms with van der Waals surface area (Å²) in [6.07, 6.45) is 2.55. The van der Waals surface area contributed by atoms with Crippen molar-refractivity contribution in [1.29, 1.82) is 0 Å². The Balaban J connectivity index is 1.49. The van der Waals surface area contributed by atoms with Gasteiger partial charge in [0.05, 0.1) is 36.6 Å². The first kappa shape index (κ1) is 44.4. The number of aliphatic hydroxyl groups excluding tert-OH is 2. The first-order valence-electron chi connectivity index (χ1n) is 19.8. The lowest BCUT2D eigenvalue weighted by Crippen LogP contribution is -2.59. The van der Waals surface area contributed by atoms with E-state index >= 15 is 0 Å². The molecular weight excluding hydrogens is 727 g/mol. The molecule has 4 rings (SSSR count). The third-order valence-corrected chi connectivity index (χ3v) is 9.99. The molecule has 4 aromatic rings. The number of ether oxygens (including phenoxy) is 1. The van der Waals surface area contributed by atoms with Crippen molar-refractivity contribution in [3.63, 3.8) is 0 Å². The van der Waals surface area contributed by atoms with Gasteiger partial charge in [-0.2, -0.15) is 0 Å². The number of benzene rings is 2. The summed E-state index contributed by atoms with van der Waals surface area (Å²) in [6, 6.07) is 15.5. The molecule has 0 saturated carbocycles. The smallest absolute Gasteiger partial charge is 0.258 e. The fourth-order valence-electron chi connectivity index (χ4n) is 6.74. The van der Waals surface area contributed by atoms with Gasteiger partial charge < -0.3 is 41.2 Å². The number of imidazole rings is 1. The highest BCUT2D eigenvalue weighted by Crippen LogP contribution is 2.26. The van der Waals surface area contributed by atoms with Crippen molar-refractivity contribution in [3.8, 4) is 5.75 Å². The summed E-state index contributed by atoms with van der Waals surface area (Å²) in [5.41, 5.74) is 1.25. The number of carbonyl (C=O) groups excluding carboxylic acids is 4. The van der Waals surface area contributed by atoms with Gasteiger partial charge in [0.1, 0.15) is 23.9 Å². The number of fused-ring (bicyclic) bond motifs is 1. The third kappa shape index (κ3) is 13.4. The van der Waals surface area contributed by atoms with Crippen LogP contribution in [0.25, 0.3) is 10.8 Å². The first-order chi connectivity index (χ1) is 27.3. The molecule has 0 bridgehead atoms. The van der Waals surface area contributed by atoms with Gasteiger partial charge in [0.25, 0.3) is 5.91 Å². The molecule has 7 atom stereocenters. The van der Waals surface area contributed by atoms with Crippen molar-refractivity contribution in [2.45, 2.75) is 104 Å². The monoisotopic (exact) mass is 785 g/mol. The lowest BCUT2D eigenvalue weighted by molar-refractivity contribution is -0.139. The van der Waals surface area contributed by atoms with Gasteiger partial charge in [-0.1, -0.05) is 90.4 Å². The van der Waals surface area contributed by atoms with Gasteiger partial charge in [0.15, 0.2) is 6.61 Å². The summed E-state index contributed by atoms with van der Waals surface area (Å²) in [5.74, 6) is -3.07. The molecule has 7 N–H and O–H groups in total. The number of aromatic nitrogens is 3. The van der Waals surface area contributed by atoms with E-state index in [0.29, 0.717) is 23.6 Å². The molecule has 0 saturated heterocycles. The van der Waals surface area contributed by atoms with Crippen molar-refractivity contribution < 1.29 is 34.1 Å². The number of H-pyrrole nitrogens is 1. The molecule has 14 nitrogen and oxygen atoms in total. The number of carbonyl (C=O) groups is 4. The van der Waals surface area contributed by atoms with Crippen LogP contribution in [0.3, 0.4) is 0 Å². The average molecular weight is 786 g/mol. The molecule has 0 spiro atoms. The Morgan fingerprint density at radius 1 is 0.807 bits per heavy atom. The molecule has 2 aromatic carbocycles. The Kier molecular flexibility index (Phi) is 17.0. The lowest BCUT2D eigenvalue weighted by atomic mass is 9.84. The average Bonchev–Trinajstić information content (AvgIpc) is 3.72. The number of nitrogens with zero attached hydrogens (tertiary/aromatic N) is 2. The maximum absolute atomic E-state index is 14.0. The highest BCUT2D eigenvalue weighted by Gasteiger charge is 2.40. The largest absolute Gasteiger partial charge is 0.483 e. The molecule has 14 heteroatoms. The molecule has 0 fully saturated rings. The van der Waals surface area contributed by atoms with Gasteiger partial charge >= 0.3 is 0 Å². The van der Waals surface area contributed by atoms with E-state index in [9.17, 15) is 29.4 Å². The van der Waals surface area contributed by atoms with Crippen LogP contribution in [0, 0.1) is 23.7 Å². The molecule has 0 aliphatic heterocycles. The van der Waals surface area contributed by atoms with E-state index in [-0.39, 0.29) is 56.1 Å². The SMILES string of the molecule is CC[C@@H](C)[C@H](NC(=O)[C@@H](CC(C)C)[C@@H](O)[C@H](O)[C@H](CC(C)C)NC(=O)[C@H](Cc1cnc[nH]1)NC(=O)COc1cccc2ccccc12)C(=O)NCc1ccccn1. The van der Waals surface area contributed by atoms with Crippen molar-refractivity contribution in [2.75, 3.05) is 6.61 Å². The molecule has 0 radical (unpaired) electrons. The third-order valence-electron chi connectivity index (χ3n) is 9.99. The predicted octanol–water partition coefficient (Wildman–Crippen LogP) is 3.83. The number of aromatic amines is 1. The number of hydrogen-bond acceptors (Lipinski definition) is 9. The summed E-state index contributed by atoms with van der Waals surface area (Å²) in [6.45, 7) is 11.2. The van der Waals surface area contributed by atoms with Crippen molar-refractivity contribution in [1.82, 2.24) is 36.2 Å². The Bertz CT molecular complexity index is 1870. The summed E-state index contributed by atoms with van der Waals surface area (Å²) < 4.78 is 5.88. The van der Waals surface area contributed by atoms with Gasteiger partial charge in [-0.25, -0.2) is 4.98 Å². The minimum absolute atomic E-state index is 0.0400. The molecule has 308 valence electrons. The zero-order valence-corrected chi connectivity index (χ0v) is 33.8. The van der Waals surface area contributed by atoms with Crippen LogP contribution in [0.5, 0.6) is 5.75 Å². The van der Waals surface area contributed by atoms with Crippen molar-refractivity contribution in [2.24, 2.45) is 23.7 Å². The van der Waals surface area contributed by atoms with E-state index in [1.807, 2.05) is 84.0 Å². The van der Waals surface area contributed by atoms with Crippen molar-refractivity contribution >= 4 is 34.4 Å². The number of rotatable bonds is 22. The van der Waals surface area contributed by atoms with Crippen LogP contribution in [0.1, 0.15) is 72.2 Å². The summed E-state index contributed by atoms with van der Waals surface area (Å²) in [7, 11) is 0. The second-order valence-corrected chi connectivity index (χ2v) is 15.5. The van der Waals surface area contributed by atoms with E-state index in [4.69, 9.17) is 4.74 Å². The number of hydrogen-bond donors (Lipinski definition) is 7. The number of aliphatic hydroxyl groups is 2. The quantitative estimate of drug-likeness (QED) is 0.0617. The van der Waals surface area contributed by atoms with Crippen molar-refractivity contribution in [3.05, 3.63) is 90.8 Å². The first-order valence-corrected chi connectivity index (χ1v) is 19.8. The summed E-state index contributed by atoms with van der Waals surface area (Å²) in [4.78, 5) is 66.0. The minimum Gasteiger partial charge on any atom is -0.483 e. The van der Waals surface area contributed by atoms with Gasteiger partial charge in [-0.15, -0.1) is 0 Å². The van der Waals surface area contributed by atoms with Gasteiger partial charge in [0, 0.05) is 29.9 Å². The number of amides is 4. The van der Waals surface area contributed by atoms with Crippen LogP contribution in [-0.2, 0) is 32.1 Å². The molecule has 57 heavy (non-hydrogen) atoms. The molecular formula is C43H59N7O7. The molecule has 2 aromatic heterocycles. The summed E-state index contributed by atoms with van der Waals surface area (Å²) in [5, 5.41) is 36.7. The highest BCUT2D eigenvalue weighted by atomic mass is 16.5. The van der Waals surface area contributed by atoms with E-state index in [1.54, 1.807) is 30.6 Å². The van der Waals surface area contributed by atoms with Crippen LogP contribution in [-0.4, -0.2) is 85.7 Å². The second kappa shape index (κ2) is 21.8. The van der Waals surface area contributed by atoms with Crippen LogP contribution in [0.2, 0.25) is 0 Å². The van der Waals surface area contributed by atoms with Gasteiger partial charge in [-0.05, 0) is 54.2 Å². The summed E-state index contributed by atoms with van der Waals surface area (Å²) >= 11 is 0. The van der Waals surface area contributed by atoms with E-state index in [2.05, 4.69) is 36.2 Å². The molecule has 2 heterocycles. The zero-order chi connectivity index (χ0) is 41.5. The number of pyridine rings is 1. The topological polar surface area (TPSA) is 208 Å². The Morgan fingerprint density at radius 3 is 2.19 bits per heavy atom. The highest BCUT2D eigenvalue weighted by molar-refractivity contribution is 5.91. The second-order valence-electron chi connectivity index (χ2n) is 15.5. The van der Waals surface area contributed by atoms with Crippen LogP contribution >= 0.6 is 0 Å². The fraction of sp³-hybridized carbons (Fsp3) is 0.488. The van der Waals surface area contributed by atoms with Crippen LogP contribution in [0.4, 0.5) is 0 Å². The van der Waals surface area contributed by atoms with Crippen LogP contribution in [0.15, 0.2) is 79.4 Å². The normalized spacial score (nSPS) is 15.2. The van der Waals surface area contributed by atoms with E-state index < -0.39 is 54.0 Å². The zero-order valence-electron chi connectivity index (χ0n) is 33.8. The van der Waals surface area contributed by atoms with E-state index in [1.165, 1.54) is 6.33 Å². The molecule has 0 aliphatic carbocycles. The van der Waals surface area contributed by atoms with Gasteiger partial charge in [0.2, 0.25) is 17.7 Å². The number of nitrogens with one attached hydrogen (secondary N) is 5. The van der Waals surface area contributed by atoms with E-state index in [0.717, 1.165) is 10.8 Å². The molecule has 0 aliphatic rings. The molecule has 4 amide bonds. The Hall–Kier alpha value is -5.34. The Morgan fingerprint density at radius 2 is 1.53 bits per heavy atom. The maximum atomic E-state index is 14.0. The predicted molar refractivity (Wildman–Crippen MR) is 217 cm³/mol. The maximum Gasteiger partial charge on any atom is 0.258 e. The minimum atomic E-state index is -1.61.